The Morgan fingerprint density at radius 1 is 1.27 bits per heavy atom. The van der Waals surface area contributed by atoms with Crippen molar-refractivity contribution in [1.29, 1.82) is 0 Å². The molecule has 0 radical (unpaired) electrons. The zero-order valence-electron chi connectivity index (χ0n) is 13.3. The van der Waals surface area contributed by atoms with Crippen LogP contribution in [0.5, 0.6) is 5.75 Å². The fourth-order valence-corrected chi connectivity index (χ4v) is 2.51. The van der Waals surface area contributed by atoms with Gasteiger partial charge < -0.3 is 10.1 Å². The molecular weight excluding hydrogens is 373 g/mol. The molecular formula is C16H12ClF3N4O2. The van der Waals surface area contributed by atoms with Gasteiger partial charge in [-0.05, 0) is 30.3 Å². The first kappa shape index (κ1) is 18.0. The first-order valence-electron chi connectivity index (χ1n) is 7.32. The Hall–Kier alpha value is -2.81. The van der Waals surface area contributed by atoms with E-state index in [1.54, 1.807) is 12.1 Å². The lowest BCUT2D eigenvalue weighted by molar-refractivity contribution is -0.137. The number of pyridine rings is 1. The Labute approximate surface area is 150 Å². The molecule has 136 valence electrons. The molecule has 1 N–H and O–H groups in total. The molecule has 0 atom stereocenters. The highest BCUT2D eigenvalue weighted by molar-refractivity contribution is 6.31. The summed E-state index contributed by atoms with van der Waals surface area (Å²) in [7, 11) is 1.41. The van der Waals surface area contributed by atoms with E-state index in [0.717, 1.165) is 12.3 Å². The van der Waals surface area contributed by atoms with Crippen molar-refractivity contribution >= 4 is 23.2 Å². The second-order valence-electron chi connectivity index (χ2n) is 5.29. The number of benzene rings is 1. The highest BCUT2D eigenvalue weighted by Crippen LogP contribution is 2.29. The first-order chi connectivity index (χ1) is 12.3. The lowest BCUT2D eigenvalue weighted by Crippen LogP contribution is -2.24. The van der Waals surface area contributed by atoms with Gasteiger partial charge >= 0.3 is 6.18 Å². The number of methoxy groups -OCH3 is 1. The van der Waals surface area contributed by atoms with E-state index in [1.165, 1.54) is 23.6 Å². The van der Waals surface area contributed by atoms with Crippen molar-refractivity contribution in [2.75, 3.05) is 7.11 Å². The number of carbonyl (C=O) groups is 1. The summed E-state index contributed by atoms with van der Waals surface area (Å²) in [4.78, 5) is 12.3. The average molecular weight is 385 g/mol. The first-order valence-corrected chi connectivity index (χ1v) is 7.70. The zero-order valence-corrected chi connectivity index (χ0v) is 14.1. The van der Waals surface area contributed by atoms with Crippen LogP contribution in [0.3, 0.4) is 0 Å². The maximum atomic E-state index is 12.9. The number of rotatable bonds is 4. The quantitative estimate of drug-likeness (QED) is 0.749. The van der Waals surface area contributed by atoms with Gasteiger partial charge in [0.05, 0.1) is 24.8 Å². The SMILES string of the molecule is COc1ccc(Cl)cc1C(=O)NCc1nnc2ccc(C(F)(F)F)cn12. The summed E-state index contributed by atoms with van der Waals surface area (Å²) in [5, 5.41) is 10.5. The molecule has 6 nitrogen and oxygen atoms in total. The fourth-order valence-electron chi connectivity index (χ4n) is 2.34. The van der Waals surface area contributed by atoms with Crippen LogP contribution in [0, 0.1) is 0 Å². The monoisotopic (exact) mass is 384 g/mol. The molecule has 0 aliphatic carbocycles. The van der Waals surface area contributed by atoms with Crippen molar-refractivity contribution in [3.8, 4) is 5.75 Å². The van der Waals surface area contributed by atoms with Crippen LogP contribution in [0.15, 0.2) is 36.5 Å². The van der Waals surface area contributed by atoms with Crippen LogP contribution in [-0.4, -0.2) is 27.6 Å². The Kier molecular flexibility index (Phi) is 4.73. The van der Waals surface area contributed by atoms with Gasteiger partial charge in [-0.2, -0.15) is 13.2 Å². The van der Waals surface area contributed by atoms with E-state index in [0.29, 0.717) is 10.8 Å². The standard InChI is InChI=1S/C16H12ClF3N4O2/c1-26-12-4-3-10(17)6-11(12)15(25)21-7-14-23-22-13-5-2-9(8-24(13)14)16(18,19)20/h2-6,8H,7H2,1H3,(H,21,25). The summed E-state index contributed by atoms with van der Waals surface area (Å²) in [6.45, 7) is -0.128. The van der Waals surface area contributed by atoms with Crippen LogP contribution in [-0.2, 0) is 12.7 Å². The second kappa shape index (κ2) is 6.83. The van der Waals surface area contributed by atoms with Crippen molar-refractivity contribution in [2.24, 2.45) is 0 Å². The molecule has 2 heterocycles. The fraction of sp³-hybridized carbons (Fsp3) is 0.188. The van der Waals surface area contributed by atoms with Gasteiger partial charge in [-0.15, -0.1) is 10.2 Å². The Morgan fingerprint density at radius 2 is 2.04 bits per heavy atom. The van der Waals surface area contributed by atoms with Crippen molar-refractivity contribution in [3.05, 3.63) is 58.5 Å². The van der Waals surface area contributed by atoms with E-state index in [1.807, 2.05) is 0 Å². The summed E-state index contributed by atoms with van der Waals surface area (Å²) in [5.74, 6) is -0.0362. The third kappa shape index (κ3) is 3.57. The largest absolute Gasteiger partial charge is 0.496 e. The van der Waals surface area contributed by atoms with Crippen LogP contribution in [0.4, 0.5) is 13.2 Å². The molecule has 0 saturated heterocycles. The molecule has 0 fully saturated rings. The lowest BCUT2D eigenvalue weighted by Gasteiger charge is -2.10. The van der Waals surface area contributed by atoms with Gasteiger partial charge in [0.2, 0.25) is 0 Å². The minimum absolute atomic E-state index is 0.128. The number of halogens is 4. The third-order valence-electron chi connectivity index (χ3n) is 3.61. The number of nitrogens with one attached hydrogen (secondary N) is 1. The summed E-state index contributed by atoms with van der Waals surface area (Å²) >= 11 is 5.89. The van der Waals surface area contributed by atoms with E-state index >= 15 is 0 Å². The summed E-state index contributed by atoms with van der Waals surface area (Å²) in [6.07, 6.45) is -3.61. The Bertz CT molecular complexity index is 972. The molecule has 2 aromatic heterocycles. The lowest BCUT2D eigenvalue weighted by atomic mass is 10.2. The van der Waals surface area contributed by atoms with Gasteiger partial charge in [0, 0.05) is 11.2 Å². The van der Waals surface area contributed by atoms with Gasteiger partial charge in [-0.25, -0.2) is 0 Å². The van der Waals surface area contributed by atoms with E-state index < -0.39 is 17.6 Å². The van der Waals surface area contributed by atoms with Crippen LogP contribution in [0.1, 0.15) is 21.7 Å². The maximum Gasteiger partial charge on any atom is 0.417 e. The second-order valence-corrected chi connectivity index (χ2v) is 5.72. The van der Waals surface area contributed by atoms with Crippen LogP contribution < -0.4 is 10.1 Å². The average Bonchev–Trinajstić information content (AvgIpc) is 3.01. The highest BCUT2D eigenvalue weighted by atomic mass is 35.5. The van der Waals surface area contributed by atoms with Gasteiger partial charge in [-0.3, -0.25) is 9.20 Å². The van der Waals surface area contributed by atoms with E-state index in [4.69, 9.17) is 16.3 Å². The van der Waals surface area contributed by atoms with Crippen LogP contribution in [0.2, 0.25) is 5.02 Å². The number of amides is 1. The topological polar surface area (TPSA) is 68.5 Å². The predicted octanol–water partition coefficient (Wildman–Crippen LogP) is 3.34. The number of ether oxygens (including phenoxy) is 1. The molecule has 3 aromatic rings. The molecule has 0 aliphatic rings. The molecule has 3 rings (SSSR count). The molecule has 1 amide bonds. The summed E-state index contributed by atoms with van der Waals surface area (Å²) in [5.41, 5.74) is -0.402. The Balaban J connectivity index is 1.84. The van der Waals surface area contributed by atoms with Crippen molar-refractivity contribution < 1.29 is 22.7 Å². The highest BCUT2D eigenvalue weighted by Gasteiger charge is 2.31. The van der Waals surface area contributed by atoms with E-state index in [-0.39, 0.29) is 23.6 Å². The number of hydrogen-bond donors (Lipinski definition) is 1. The number of fused-ring (bicyclic) bond motifs is 1. The van der Waals surface area contributed by atoms with E-state index in [9.17, 15) is 18.0 Å². The molecule has 1 aromatic carbocycles. The molecule has 10 heteroatoms. The van der Waals surface area contributed by atoms with Crippen molar-refractivity contribution in [3.63, 3.8) is 0 Å². The molecule has 0 saturated carbocycles. The summed E-state index contributed by atoms with van der Waals surface area (Å²) < 4.78 is 44.9. The summed E-state index contributed by atoms with van der Waals surface area (Å²) in [6, 6.07) is 6.67. The molecule has 0 unspecified atom stereocenters. The van der Waals surface area contributed by atoms with E-state index in [2.05, 4.69) is 15.5 Å². The zero-order chi connectivity index (χ0) is 18.9. The van der Waals surface area contributed by atoms with Crippen LogP contribution in [0.25, 0.3) is 5.65 Å². The molecule has 0 spiro atoms. The Morgan fingerprint density at radius 3 is 2.73 bits per heavy atom. The number of hydrogen-bond acceptors (Lipinski definition) is 4. The maximum absolute atomic E-state index is 12.9. The van der Waals surface area contributed by atoms with Crippen molar-refractivity contribution in [1.82, 2.24) is 19.9 Å². The third-order valence-corrected chi connectivity index (χ3v) is 3.85. The van der Waals surface area contributed by atoms with Gasteiger partial charge in [0.25, 0.3) is 5.91 Å². The minimum atomic E-state index is -4.49. The minimum Gasteiger partial charge on any atom is -0.496 e. The molecule has 26 heavy (non-hydrogen) atoms. The number of alkyl halides is 3. The normalized spacial score (nSPS) is 11.6. The van der Waals surface area contributed by atoms with Crippen LogP contribution >= 0.6 is 11.6 Å². The smallest absolute Gasteiger partial charge is 0.417 e. The predicted molar refractivity (Wildman–Crippen MR) is 87.2 cm³/mol. The van der Waals surface area contributed by atoms with Gasteiger partial charge in [0.1, 0.15) is 5.75 Å². The number of nitrogens with zero attached hydrogens (tertiary/aromatic N) is 3. The number of aromatic nitrogens is 3. The van der Waals surface area contributed by atoms with Gasteiger partial charge in [-0.1, -0.05) is 11.6 Å². The molecule has 0 bridgehead atoms. The van der Waals surface area contributed by atoms with Gasteiger partial charge in [0.15, 0.2) is 11.5 Å². The number of carbonyl (C=O) groups excluding carboxylic acids is 1. The molecule has 0 aliphatic heterocycles. The van der Waals surface area contributed by atoms with Crippen molar-refractivity contribution in [2.45, 2.75) is 12.7 Å².